The van der Waals surface area contributed by atoms with Gasteiger partial charge in [-0.1, -0.05) is 50.6 Å². The Labute approximate surface area is 257 Å². The molecule has 2 aromatic carbocycles. The molecule has 5 atom stereocenters. The minimum absolute atomic E-state index is 0.0407. The number of H-pyrrole nitrogens is 1. The highest BCUT2D eigenvalue weighted by molar-refractivity contribution is 5.94. The van der Waals surface area contributed by atoms with Crippen LogP contribution in [0.4, 0.5) is 0 Å². The first-order valence-electron chi connectivity index (χ1n) is 15.0. The Hall–Kier alpha value is -4.42. The van der Waals surface area contributed by atoms with Gasteiger partial charge in [0.1, 0.15) is 23.9 Å². The van der Waals surface area contributed by atoms with Gasteiger partial charge in [-0.2, -0.15) is 0 Å². The number of carbonyl (C=O) groups is 4. The number of carboxylic acid groups (broad SMARTS) is 1. The molecule has 0 spiro atoms. The molecule has 5 unspecified atom stereocenters. The molecule has 3 rings (SSSR count). The highest BCUT2D eigenvalue weighted by atomic mass is 16.4. The maximum absolute atomic E-state index is 13.5. The zero-order valence-corrected chi connectivity index (χ0v) is 25.2. The summed E-state index contributed by atoms with van der Waals surface area (Å²) in [7, 11) is 0. The van der Waals surface area contributed by atoms with Crippen LogP contribution in [0, 0.1) is 5.92 Å². The van der Waals surface area contributed by atoms with Crippen LogP contribution >= 0.6 is 0 Å². The number of amides is 3. The Kier molecular flexibility index (Phi) is 12.7. The summed E-state index contributed by atoms with van der Waals surface area (Å²) in [5.41, 5.74) is 14.1. The van der Waals surface area contributed by atoms with Gasteiger partial charge in [-0.25, -0.2) is 4.79 Å². The van der Waals surface area contributed by atoms with E-state index in [1.165, 1.54) is 12.1 Å². The van der Waals surface area contributed by atoms with Crippen molar-refractivity contribution in [3.63, 3.8) is 0 Å². The molecule has 0 fully saturated rings. The number of unbranched alkanes of at least 4 members (excludes halogenated alkanes) is 1. The van der Waals surface area contributed by atoms with Crippen LogP contribution in [0.2, 0.25) is 0 Å². The van der Waals surface area contributed by atoms with Crippen molar-refractivity contribution in [1.29, 1.82) is 0 Å². The Bertz CT molecular complexity index is 1410. The molecular formula is C32H44N6O6. The van der Waals surface area contributed by atoms with Gasteiger partial charge in [-0.05, 0) is 67.5 Å². The number of fused-ring (bicyclic) bond motifs is 1. The van der Waals surface area contributed by atoms with E-state index in [1.54, 1.807) is 25.3 Å². The smallest absolute Gasteiger partial charge is 0.326 e. The van der Waals surface area contributed by atoms with Crippen molar-refractivity contribution in [3.8, 4) is 5.75 Å². The lowest BCUT2D eigenvalue weighted by atomic mass is 9.96. The lowest BCUT2D eigenvalue weighted by Gasteiger charge is -2.28. The molecule has 10 N–H and O–H groups in total. The Morgan fingerprint density at radius 3 is 2.23 bits per heavy atom. The third kappa shape index (κ3) is 9.55. The molecule has 0 aliphatic carbocycles. The van der Waals surface area contributed by atoms with Crippen LogP contribution in [0.3, 0.4) is 0 Å². The predicted molar refractivity (Wildman–Crippen MR) is 168 cm³/mol. The first-order chi connectivity index (χ1) is 21.0. The molecule has 3 amide bonds. The van der Waals surface area contributed by atoms with E-state index >= 15 is 0 Å². The first kappa shape index (κ1) is 34.1. The van der Waals surface area contributed by atoms with Crippen molar-refractivity contribution < 1.29 is 29.4 Å². The molecule has 44 heavy (non-hydrogen) atoms. The van der Waals surface area contributed by atoms with E-state index in [9.17, 15) is 29.4 Å². The fraction of sp³-hybridized carbons (Fsp3) is 0.438. The number of phenolic OH excluding ortho intramolecular Hbond substituents is 1. The number of aromatic amines is 1. The average Bonchev–Trinajstić information content (AvgIpc) is 3.42. The monoisotopic (exact) mass is 608 g/mol. The van der Waals surface area contributed by atoms with E-state index < -0.39 is 47.9 Å². The molecule has 1 heterocycles. The van der Waals surface area contributed by atoms with Crippen molar-refractivity contribution >= 4 is 34.6 Å². The van der Waals surface area contributed by atoms with Crippen molar-refractivity contribution in [1.82, 2.24) is 20.9 Å². The molecule has 0 saturated heterocycles. The number of nitrogens with one attached hydrogen (secondary N) is 4. The molecular weight excluding hydrogens is 564 g/mol. The molecule has 12 nitrogen and oxygen atoms in total. The number of rotatable bonds is 17. The van der Waals surface area contributed by atoms with Crippen molar-refractivity contribution in [3.05, 3.63) is 65.9 Å². The lowest BCUT2D eigenvalue weighted by molar-refractivity contribution is -0.142. The third-order valence-electron chi connectivity index (χ3n) is 7.82. The van der Waals surface area contributed by atoms with Gasteiger partial charge in [-0.15, -0.1) is 0 Å². The largest absolute Gasteiger partial charge is 0.508 e. The molecule has 3 aromatic rings. The molecule has 0 radical (unpaired) electrons. The third-order valence-corrected chi connectivity index (χ3v) is 7.82. The topological polar surface area (TPSA) is 213 Å². The molecule has 12 heteroatoms. The van der Waals surface area contributed by atoms with Gasteiger partial charge in [0.25, 0.3) is 0 Å². The van der Waals surface area contributed by atoms with E-state index in [1.807, 2.05) is 31.2 Å². The summed E-state index contributed by atoms with van der Waals surface area (Å²) in [5, 5.41) is 28.4. The summed E-state index contributed by atoms with van der Waals surface area (Å²) in [5.74, 6) is -3.14. The van der Waals surface area contributed by atoms with Gasteiger partial charge in [-0.3, -0.25) is 14.4 Å². The van der Waals surface area contributed by atoms with Crippen molar-refractivity contribution in [2.75, 3.05) is 6.54 Å². The number of phenols is 1. The van der Waals surface area contributed by atoms with E-state index in [0.717, 1.165) is 22.0 Å². The van der Waals surface area contributed by atoms with Gasteiger partial charge in [0.2, 0.25) is 17.7 Å². The minimum atomic E-state index is -1.24. The second kappa shape index (κ2) is 16.4. The fourth-order valence-corrected chi connectivity index (χ4v) is 4.96. The number of benzene rings is 2. The van der Waals surface area contributed by atoms with Gasteiger partial charge >= 0.3 is 5.97 Å². The highest BCUT2D eigenvalue weighted by Gasteiger charge is 2.32. The minimum Gasteiger partial charge on any atom is -0.508 e. The molecule has 0 aliphatic heterocycles. The Morgan fingerprint density at radius 1 is 0.886 bits per heavy atom. The van der Waals surface area contributed by atoms with E-state index in [0.29, 0.717) is 25.8 Å². The van der Waals surface area contributed by atoms with E-state index in [2.05, 4.69) is 20.9 Å². The second-order valence-electron chi connectivity index (χ2n) is 11.2. The van der Waals surface area contributed by atoms with Gasteiger partial charge < -0.3 is 42.6 Å². The van der Waals surface area contributed by atoms with Crippen LogP contribution in [-0.2, 0) is 32.0 Å². The number of hydrogen-bond acceptors (Lipinski definition) is 7. The van der Waals surface area contributed by atoms with Gasteiger partial charge in [0.05, 0.1) is 6.04 Å². The molecule has 0 bridgehead atoms. The maximum atomic E-state index is 13.5. The average molecular weight is 609 g/mol. The van der Waals surface area contributed by atoms with E-state index in [-0.39, 0.29) is 30.9 Å². The van der Waals surface area contributed by atoms with Crippen LogP contribution in [-0.4, -0.2) is 69.6 Å². The number of aromatic nitrogens is 1. The number of nitrogens with two attached hydrogens (primary N) is 2. The molecule has 0 aliphatic rings. The number of hydrogen-bond donors (Lipinski definition) is 8. The SMILES string of the molecule is CCC(C)C(NC(=O)C(N)Cc1ccc(O)cc1)C(=O)NC(CCCCN)C(=O)NC(Cc1c[nH]c2ccccc12)C(=O)O. The van der Waals surface area contributed by atoms with E-state index in [4.69, 9.17) is 11.5 Å². The zero-order valence-electron chi connectivity index (χ0n) is 25.2. The van der Waals surface area contributed by atoms with Crippen LogP contribution in [0.5, 0.6) is 5.75 Å². The van der Waals surface area contributed by atoms with Crippen LogP contribution in [0.1, 0.15) is 50.7 Å². The normalized spacial score (nSPS) is 14.6. The van der Waals surface area contributed by atoms with Crippen LogP contribution in [0.25, 0.3) is 10.9 Å². The zero-order chi connectivity index (χ0) is 32.2. The summed E-state index contributed by atoms with van der Waals surface area (Å²) in [6.45, 7) is 4.08. The molecule has 0 saturated carbocycles. The summed E-state index contributed by atoms with van der Waals surface area (Å²) in [6.07, 6.45) is 3.87. The predicted octanol–water partition coefficient (Wildman–Crippen LogP) is 1.70. The van der Waals surface area contributed by atoms with Crippen molar-refractivity contribution in [2.24, 2.45) is 17.4 Å². The fourth-order valence-electron chi connectivity index (χ4n) is 4.96. The maximum Gasteiger partial charge on any atom is 0.326 e. The Morgan fingerprint density at radius 2 is 1.57 bits per heavy atom. The van der Waals surface area contributed by atoms with Crippen molar-refractivity contribution in [2.45, 2.75) is 76.5 Å². The lowest BCUT2D eigenvalue weighted by Crippen LogP contribution is -2.59. The quantitative estimate of drug-likeness (QED) is 0.105. The number of aromatic hydroxyl groups is 1. The number of carboxylic acids is 1. The second-order valence-corrected chi connectivity index (χ2v) is 11.2. The standard InChI is InChI=1S/C32H44N6O6/c1-3-19(2)28(38-29(40)24(34)16-20-11-13-22(39)14-12-20)31(42)36-26(10-6-7-15-33)30(41)37-27(32(43)44)17-21-18-35-25-9-5-4-8-23(21)25/h4-5,8-9,11-14,18-19,24,26-28,35,39H,3,6-7,10,15-17,33-34H2,1-2H3,(H,36,42)(H,37,41)(H,38,40)(H,43,44). The summed E-state index contributed by atoms with van der Waals surface area (Å²) in [6, 6.07) is 9.57. The van der Waals surface area contributed by atoms with Crippen LogP contribution < -0.4 is 27.4 Å². The van der Waals surface area contributed by atoms with Crippen LogP contribution in [0.15, 0.2) is 54.7 Å². The van der Waals surface area contributed by atoms with Gasteiger partial charge in [0.15, 0.2) is 0 Å². The first-order valence-corrected chi connectivity index (χ1v) is 15.0. The highest BCUT2D eigenvalue weighted by Crippen LogP contribution is 2.19. The number of aliphatic carboxylic acids is 1. The summed E-state index contributed by atoms with van der Waals surface area (Å²) < 4.78 is 0. The number of carbonyl (C=O) groups excluding carboxylic acids is 3. The Balaban J connectivity index is 1.72. The number of para-hydroxylation sites is 1. The molecule has 1 aromatic heterocycles. The summed E-state index contributed by atoms with van der Waals surface area (Å²) >= 11 is 0. The summed E-state index contributed by atoms with van der Waals surface area (Å²) in [4.78, 5) is 55.3. The van der Waals surface area contributed by atoms with Gasteiger partial charge in [0, 0.05) is 23.5 Å². The molecule has 238 valence electrons.